The van der Waals surface area contributed by atoms with E-state index in [0.29, 0.717) is 11.1 Å². The lowest BCUT2D eigenvalue weighted by Crippen LogP contribution is -2.45. The molecule has 0 fully saturated rings. The van der Waals surface area contributed by atoms with E-state index in [-0.39, 0.29) is 5.95 Å². The number of rotatable bonds is 3. The number of nitrogens with one attached hydrogen (secondary N) is 2. The predicted molar refractivity (Wildman–Crippen MR) is 71.4 cm³/mol. The molecule has 1 aromatic carbocycles. The average Bonchev–Trinajstić information content (AvgIpc) is 3.07. The number of imide groups is 1. The fraction of sp³-hybridized carbons (Fsp3) is 0.154. The number of carbonyl (C=O) groups excluding carboxylic acids is 3. The van der Waals surface area contributed by atoms with Crippen LogP contribution in [0.15, 0.2) is 30.6 Å². The standard InChI is InChI=1S/C13H11N5O3/c1-7(10(19)16-13-14-6-15-17-13)18-11(20)8-4-2-3-5-9(8)12(18)21/h2-7H,1H3,(H2,14,15,16,17,19)/t7-/m1/s1. The number of nitrogens with zero attached hydrogens (tertiary/aromatic N) is 3. The Balaban J connectivity index is 1.83. The highest BCUT2D eigenvalue weighted by molar-refractivity contribution is 6.23. The highest BCUT2D eigenvalue weighted by atomic mass is 16.2. The van der Waals surface area contributed by atoms with Gasteiger partial charge in [0.25, 0.3) is 11.8 Å². The maximum Gasteiger partial charge on any atom is 0.262 e. The van der Waals surface area contributed by atoms with Gasteiger partial charge in [-0.05, 0) is 19.1 Å². The van der Waals surface area contributed by atoms with Crippen molar-refractivity contribution in [2.75, 3.05) is 5.32 Å². The number of fused-ring (bicyclic) bond motifs is 1. The summed E-state index contributed by atoms with van der Waals surface area (Å²) in [6, 6.07) is 5.52. The highest BCUT2D eigenvalue weighted by Gasteiger charge is 2.40. The zero-order valence-corrected chi connectivity index (χ0v) is 11.0. The lowest BCUT2D eigenvalue weighted by Gasteiger charge is -2.20. The van der Waals surface area contributed by atoms with Crippen molar-refractivity contribution in [1.82, 2.24) is 20.1 Å². The number of carbonyl (C=O) groups is 3. The third-order valence-electron chi connectivity index (χ3n) is 3.25. The first-order valence-corrected chi connectivity index (χ1v) is 6.22. The number of aromatic nitrogens is 3. The molecule has 21 heavy (non-hydrogen) atoms. The first kappa shape index (κ1) is 13.0. The van der Waals surface area contributed by atoms with E-state index in [9.17, 15) is 14.4 Å². The Morgan fingerprint density at radius 1 is 1.24 bits per heavy atom. The average molecular weight is 285 g/mol. The molecule has 3 amide bonds. The van der Waals surface area contributed by atoms with Crippen LogP contribution in [0.3, 0.4) is 0 Å². The first-order valence-electron chi connectivity index (χ1n) is 6.22. The Morgan fingerprint density at radius 3 is 2.38 bits per heavy atom. The zero-order valence-electron chi connectivity index (χ0n) is 11.0. The Bertz CT molecular complexity index is 690. The van der Waals surface area contributed by atoms with E-state index in [0.717, 1.165) is 4.90 Å². The maximum atomic E-state index is 12.2. The van der Waals surface area contributed by atoms with Gasteiger partial charge in [0.05, 0.1) is 11.1 Å². The van der Waals surface area contributed by atoms with Crippen LogP contribution in [0.25, 0.3) is 0 Å². The SMILES string of the molecule is C[C@H](C(=O)Nc1ncn[nH]1)N1C(=O)c2ccccc2C1=O. The van der Waals surface area contributed by atoms with Crippen molar-refractivity contribution in [2.45, 2.75) is 13.0 Å². The molecule has 0 radical (unpaired) electrons. The molecule has 0 unspecified atom stereocenters. The summed E-state index contributed by atoms with van der Waals surface area (Å²) in [6.45, 7) is 1.48. The summed E-state index contributed by atoms with van der Waals surface area (Å²) in [5.41, 5.74) is 0.614. The second kappa shape index (κ2) is 4.82. The molecule has 0 saturated carbocycles. The molecule has 2 N–H and O–H groups in total. The minimum atomic E-state index is -0.956. The number of amides is 3. The van der Waals surface area contributed by atoms with E-state index < -0.39 is 23.8 Å². The van der Waals surface area contributed by atoms with E-state index in [4.69, 9.17) is 0 Å². The smallest absolute Gasteiger partial charge is 0.262 e. The summed E-state index contributed by atoms with van der Waals surface area (Å²) in [4.78, 5) is 41.3. The van der Waals surface area contributed by atoms with Crippen molar-refractivity contribution >= 4 is 23.7 Å². The van der Waals surface area contributed by atoms with Crippen LogP contribution in [0.1, 0.15) is 27.6 Å². The number of hydrogen-bond acceptors (Lipinski definition) is 5. The summed E-state index contributed by atoms with van der Waals surface area (Å²) >= 11 is 0. The number of aromatic amines is 1. The first-order chi connectivity index (χ1) is 10.1. The van der Waals surface area contributed by atoms with E-state index >= 15 is 0 Å². The topological polar surface area (TPSA) is 108 Å². The largest absolute Gasteiger partial charge is 0.293 e. The quantitative estimate of drug-likeness (QED) is 0.795. The van der Waals surface area contributed by atoms with Crippen LogP contribution in [-0.4, -0.2) is 43.8 Å². The van der Waals surface area contributed by atoms with E-state index in [1.807, 2.05) is 0 Å². The molecule has 0 aliphatic carbocycles. The van der Waals surface area contributed by atoms with Crippen LogP contribution < -0.4 is 5.32 Å². The maximum absolute atomic E-state index is 12.2. The van der Waals surface area contributed by atoms with Crippen LogP contribution in [0.4, 0.5) is 5.95 Å². The minimum Gasteiger partial charge on any atom is -0.293 e. The third kappa shape index (κ3) is 2.06. The number of anilines is 1. The van der Waals surface area contributed by atoms with Crippen molar-refractivity contribution < 1.29 is 14.4 Å². The van der Waals surface area contributed by atoms with Crippen molar-refractivity contribution in [3.05, 3.63) is 41.7 Å². The molecule has 1 aromatic heterocycles. The fourth-order valence-corrected chi connectivity index (χ4v) is 2.16. The zero-order chi connectivity index (χ0) is 15.0. The molecule has 8 heteroatoms. The lowest BCUT2D eigenvalue weighted by atomic mass is 10.1. The molecule has 106 valence electrons. The Hall–Kier alpha value is -3.03. The van der Waals surface area contributed by atoms with Crippen LogP contribution in [-0.2, 0) is 4.79 Å². The summed E-state index contributed by atoms with van der Waals surface area (Å²) in [6.07, 6.45) is 1.24. The van der Waals surface area contributed by atoms with Gasteiger partial charge in [-0.1, -0.05) is 12.1 Å². The highest BCUT2D eigenvalue weighted by Crippen LogP contribution is 2.24. The van der Waals surface area contributed by atoms with Crippen LogP contribution >= 0.6 is 0 Å². The lowest BCUT2D eigenvalue weighted by molar-refractivity contribution is -0.119. The molecular formula is C13H11N5O3. The van der Waals surface area contributed by atoms with E-state index in [1.54, 1.807) is 24.3 Å². The van der Waals surface area contributed by atoms with Gasteiger partial charge in [0.15, 0.2) is 0 Å². The van der Waals surface area contributed by atoms with Gasteiger partial charge in [-0.3, -0.25) is 24.6 Å². The Morgan fingerprint density at radius 2 is 1.86 bits per heavy atom. The number of hydrogen-bond donors (Lipinski definition) is 2. The fourth-order valence-electron chi connectivity index (χ4n) is 2.16. The monoisotopic (exact) mass is 285 g/mol. The van der Waals surface area contributed by atoms with Gasteiger partial charge in [-0.2, -0.15) is 10.1 Å². The molecule has 0 spiro atoms. The van der Waals surface area contributed by atoms with Crippen molar-refractivity contribution in [3.63, 3.8) is 0 Å². The molecule has 0 saturated heterocycles. The molecule has 1 atom stereocenters. The van der Waals surface area contributed by atoms with Gasteiger partial charge in [0.1, 0.15) is 12.4 Å². The molecular weight excluding hydrogens is 274 g/mol. The van der Waals surface area contributed by atoms with E-state index in [1.165, 1.54) is 13.3 Å². The summed E-state index contributed by atoms with van der Waals surface area (Å²) in [7, 11) is 0. The van der Waals surface area contributed by atoms with Gasteiger partial charge < -0.3 is 0 Å². The summed E-state index contributed by atoms with van der Waals surface area (Å²) in [5, 5.41) is 8.52. The minimum absolute atomic E-state index is 0.156. The molecule has 3 rings (SSSR count). The Labute approximate surface area is 119 Å². The van der Waals surface area contributed by atoms with Crippen molar-refractivity contribution in [2.24, 2.45) is 0 Å². The van der Waals surface area contributed by atoms with Gasteiger partial charge >= 0.3 is 0 Å². The molecule has 0 bridgehead atoms. The molecule has 2 heterocycles. The molecule has 1 aliphatic rings. The second-order valence-corrected chi connectivity index (χ2v) is 4.53. The van der Waals surface area contributed by atoms with Crippen molar-refractivity contribution in [1.29, 1.82) is 0 Å². The van der Waals surface area contributed by atoms with Gasteiger partial charge in [0, 0.05) is 0 Å². The van der Waals surface area contributed by atoms with Gasteiger partial charge in [-0.25, -0.2) is 5.10 Å². The van der Waals surface area contributed by atoms with Crippen molar-refractivity contribution in [3.8, 4) is 0 Å². The predicted octanol–water partition coefficient (Wildman–Crippen LogP) is 0.428. The number of H-pyrrole nitrogens is 1. The summed E-state index contributed by atoms with van der Waals surface area (Å²) < 4.78 is 0. The van der Waals surface area contributed by atoms with Crippen LogP contribution in [0.2, 0.25) is 0 Å². The third-order valence-corrected chi connectivity index (χ3v) is 3.25. The molecule has 8 nitrogen and oxygen atoms in total. The van der Waals surface area contributed by atoms with Crippen LogP contribution in [0.5, 0.6) is 0 Å². The second-order valence-electron chi connectivity index (χ2n) is 4.53. The molecule has 2 aromatic rings. The Kier molecular flexibility index (Phi) is 2.98. The number of benzene rings is 1. The molecule has 1 aliphatic heterocycles. The van der Waals surface area contributed by atoms with Gasteiger partial charge in [-0.15, -0.1) is 0 Å². The van der Waals surface area contributed by atoms with Gasteiger partial charge in [0.2, 0.25) is 11.9 Å². The van der Waals surface area contributed by atoms with Crippen LogP contribution in [0, 0.1) is 0 Å². The van der Waals surface area contributed by atoms with E-state index in [2.05, 4.69) is 20.5 Å². The summed E-state index contributed by atoms with van der Waals surface area (Å²) in [5.74, 6) is -1.32. The normalized spacial score (nSPS) is 15.0.